The third-order valence-corrected chi connectivity index (χ3v) is 3.22. The normalized spacial score (nSPS) is 12.3. The van der Waals surface area contributed by atoms with Crippen molar-refractivity contribution < 1.29 is 0 Å². The molecule has 0 aliphatic heterocycles. The van der Waals surface area contributed by atoms with Crippen LogP contribution in [-0.2, 0) is 0 Å². The second kappa shape index (κ2) is 6.67. The number of aromatic nitrogens is 1. The van der Waals surface area contributed by atoms with Gasteiger partial charge in [0.2, 0.25) is 0 Å². The summed E-state index contributed by atoms with van der Waals surface area (Å²) in [5, 5.41) is 4.67. The molecule has 2 nitrogen and oxygen atoms in total. The predicted molar refractivity (Wildman–Crippen MR) is 87.8 cm³/mol. The zero-order chi connectivity index (χ0) is 14.5. The molecule has 1 aromatic carbocycles. The minimum absolute atomic E-state index is 0.692. The van der Waals surface area contributed by atoms with Gasteiger partial charge in [-0.05, 0) is 50.1 Å². The zero-order valence-corrected chi connectivity index (χ0v) is 12.9. The number of hydrogen-bond acceptors (Lipinski definition) is 2. The highest BCUT2D eigenvalue weighted by Gasteiger charge is 1.98. The Morgan fingerprint density at radius 2 is 2.05 bits per heavy atom. The average molecular weight is 268 g/mol. The molecule has 106 valence electrons. The lowest BCUT2D eigenvalue weighted by molar-refractivity contribution is 0.572. The van der Waals surface area contributed by atoms with Crippen molar-refractivity contribution in [2.24, 2.45) is 5.92 Å². The topological polar surface area (TPSA) is 24.9 Å². The van der Waals surface area contributed by atoms with Gasteiger partial charge < -0.3 is 5.32 Å². The van der Waals surface area contributed by atoms with Gasteiger partial charge in [0, 0.05) is 17.6 Å². The Bertz CT molecular complexity index is 612. The SMILES string of the molecule is C/C(=C\c1ccc2nc(C)ccc2c1)CNCC(C)C. The van der Waals surface area contributed by atoms with E-state index in [-0.39, 0.29) is 0 Å². The summed E-state index contributed by atoms with van der Waals surface area (Å²) in [5.41, 5.74) is 4.73. The fourth-order valence-corrected chi connectivity index (χ4v) is 2.23. The molecule has 1 N–H and O–H groups in total. The maximum absolute atomic E-state index is 4.53. The Kier molecular flexibility index (Phi) is 4.91. The molecule has 0 fully saturated rings. The van der Waals surface area contributed by atoms with Gasteiger partial charge in [-0.2, -0.15) is 0 Å². The van der Waals surface area contributed by atoms with Crippen molar-refractivity contribution in [3.05, 3.63) is 47.2 Å². The summed E-state index contributed by atoms with van der Waals surface area (Å²) in [5.74, 6) is 0.692. The van der Waals surface area contributed by atoms with Crippen molar-refractivity contribution in [3.8, 4) is 0 Å². The van der Waals surface area contributed by atoms with Crippen LogP contribution in [0.1, 0.15) is 32.0 Å². The summed E-state index contributed by atoms with van der Waals surface area (Å²) in [4.78, 5) is 4.53. The van der Waals surface area contributed by atoms with Gasteiger partial charge in [-0.1, -0.05) is 37.6 Å². The maximum atomic E-state index is 4.53. The van der Waals surface area contributed by atoms with Gasteiger partial charge >= 0.3 is 0 Å². The molecule has 1 heterocycles. The van der Waals surface area contributed by atoms with Gasteiger partial charge in [0.15, 0.2) is 0 Å². The van der Waals surface area contributed by atoms with Crippen LogP contribution in [0.15, 0.2) is 35.9 Å². The number of nitrogens with one attached hydrogen (secondary N) is 1. The number of rotatable bonds is 5. The van der Waals surface area contributed by atoms with Crippen molar-refractivity contribution in [3.63, 3.8) is 0 Å². The first-order chi connectivity index (χ1) is 9.54. The Morgan fingerprint density at radius 1 is 1.25 bits per heavy atom. The molecule has 0 saturated heterocycles. The van der Waals surface area contributed by atoms with Crippen molar-refractivity contribution in [1.82, 2.24) is 10.3 Å². The second-order valence-electron chi connectivity index (χ2n) is 5.92. The summed E-state index contributed by atoms with van der Waals surface area (Å²) in [6, 6.07) is 10.6. The van der Waals surface area contributed by atoms with Gasteiger partial charge in [-0.3, -0.25) is 4.98 Å². The van der Waals surface area contributed by atoms with Crippen LogP contribution in [0.2, 0.25) is 0 Å². The molecule has 0 unspecified atom stereocenters. The summed E-state index contributed by atoms with van der Waals surface area (Å²) in [6.45, 7) is 10.7. The quantitative estimate of drug-likeness (QED) is 0.879. The van der Waals surface area contributed by atoms with Crippen LogP contribution in [0.3, 0.4) is 0 Å². The van der Waals surface area contributed by atoms with E-state index in [9.17, 15) is 0 Å². The van der Waals surface area contributed by atoms with Gasteiger partial charge in [0.1, 0.15) is 0 Å². The number of nitrogens with zero attached hydrogens (tertiary/aromatic N) is 1. The monoisotopic (exact) mass is 268 g/mol. The highest BCUT2D eigenvalue weighted by atomic mass is 14.8. The Morgan fingerprint density at radius 3 is 2.80 bits per heavy atom. The first-order valence-electron chi connectivity index (χ1n) is 7.30. The second-order valence-corrected chi connectivity index (χ2v) is 5.92. The van der Waals surface area contributed by atoms with E-state index in [0.717, 1.165) is 24.3 Å². The van der Waals surface area contributed by atoms with Crippen molar-refractivity contribution in [2.45, 2.75) is 27.7 Å². The van der Waals surface area contributed by atoms with E-state index in [4.69, 9.17) is 0 Å². The number of hydrogen-bond donors (Lipinski definition) is 1. The molecular weight excluding hydrogens is 244 g/mol. The van der Waals surface area contributed by atoms with Crippen LogP contribution in [0.4, 0.5) is 0 Å². The van der Waals surface area contributed by atoms with Gasteiger partial charge in [-0.15, -0.1) is 0 Å². The van der Waals surface area contributed by atoms with E-state index in [0.29, 0.717) is 5.92 Å². The van der Waals surface area contributed by atoms with Crippen molar-refractivity contribution in [2.75, 3.05) is 13.1 Å². The van der Waals surface area contributed by atoms with Crippen molar-refractivity contribution >= 4 is 17.0 Å². The molecule has 0 atom stereocenters. The fraction of sp³-hybridized carbons (Fsp3) is 0.389. The summed E-state index contributed by atoms with van der Waals surface area (Å²) >= 11 is 0. The largest absolute Gasteiger partial charge is 0.313 e. The zero-order valence-electron chi connectivity index (χ0n) is 12.9. The Hall–Kier alpha value is -1.67. The first kappa shape index (κ1) is 14.7. The predicted octanol–water partition coefficient (Wildman–Crippen LogP) is 4.19. The third-order valence-electron chi connectivity index (χ3n) is 3.22. The van der Waals surface area contributed by atoms with Gasteiger partial charge in [0.25, 0.3) is 0 Å². The Labute approximate surface area is 121 Å². The first-order valence-corrected chi connectivity index (χ1v) is 7.30. The third kappa shape index (κ3) is 4.17. The summed E-state index contributed by atoms with van der Waals surface area (Å²) < 4.78 is 0. The van der Waals surface area contributed by atoms with Gasteiger partial charge in [-0.25, -0.2) is 0 Å². The van der Waals surface area contributed by atoms with E-state index in [1.807, 2.05) is 6.92 Å². The molecule has 0 amide bonds. The molecule has 0 aliphatic rings. The summed E-state index contributed by atoms with van der Waals surface area (Å²) in [7, 11) is 0. The number of benzene rings is 1. The fourth-order valence-electron chi connectivity index (χ4n) is 2.23. The lowest BCUT2D eigenvalue weighted by Gasteiger charge is -2.08. The van der Waals surface area contributed by atoms with Crippen LogP contribution in [0.5, 0.6) is 0 Å². The standard InChI is InChI=1S/C18H24N2/c1-13(2)11-19-12-14(3)9-16-6-8-18-17(10-16)7-5-15(4)20-18/h5-10,13,19H,11-12H2,1-4H3/b14-9+. The maximum Gasteiger partial charge on any atom is 0.0705 e. The smallest absolute Gasteiger partial charge is 0.0705 e. The molecule has 2 heteroatoms. The number of aryl methyl sites for hydroxylation is 1. The van der Waals surface area contributed by atoms with E-state index in [1.54, 1.807) is 0 Å². The van der Waals surface area contributed by atoms with E-state index in [1.165, 1.54) is 16.5 Å². The van der Waals surface area contributed by atoms with Gasteiger partial charge in [0.05, 0.1) is 5.52 Å². The number of fused-ring (bicyclic) bond motifs is 1. The lowest BCUT2D eigenvalue weighted by Crippen LogP contribution is -2.21. The molecule has 0 saturated carbocycles. The van der Waals surface area contributed by atoms with Crippen LogP contribution in [-0.4, -0.2) is 18.1 Å². The highest BCUT2D eigenvalue weighted by molar-refractivity contribution is 5.81. The average Bonchev–Trinajstić information content (AvgIpc) is 2.38. The molecule has 0 aliphatic carbocycles. The van der Waals surface area contributed by atoms with Crippen LogP contribution in [0.25, 0.3) is 17.0 Å². The Balaban J connectivity index is 2.10. The molecule has 2 rings (SSSR count). The van der Waals surface area contributed by atoms with Crippen LogP contribution < -0.4 is 5.32 Å². The summed E-state index contributed by atoms with van der Waals surface area (Å²) in [6.07, 6.45) is 2.24. The van der Waals surface area contributed by atoms with E-state index < -0.39 is 0 Å². The molecule has 20 heavy (non-hydrogen) atoms. The molecule has 0 spiro atoms. The van der Waals surface area contributed by atoms with Crippen LogP contribution >= 0.6 is 0 Å². The molecule has 0 radical (unpaired) electrons. The van der Waals surface area contributed by atoms with Crippen molar-refractivity contribution in [1.29, 1.82) is 0 Å². The minimum Gasteiger partial charge on any atom is -0.313 e. The lowest BCUT2D eigenvalue weighted by atomic mass is 10.1. The molecule has 1 aromatic heterocycles. The molecule has 2 aromatic rings. The van der Waals surface area contributed by atoms with E-state index in [2.05, 4.69) is 67.5 Å². The van der Waals surface area contributed by atoms with Crippen LogP contribution in [0, 0.1) is 12.8 Å². The number of pyridine rings is 1. The van der Waals surface area contributed by atoms with E-state index >= 15 is 0 Å². The molecular formula is C18H24N2. The highest BCUT2D eigenvalue weighted by Crippen LogP contribution is 2.16. The minimum atomic E-state index is 0.692. The molecule has 0 bridgehead atoms.